The van der Waals surface area contributed by atoms with Gasteiger partial charge >= 0.3 is 0 Å². The molecule has 1 heterocycles. The molecule has 1 saturated heterocycles. The Bertz CT molecular complexity index is 648. The zero-order valence-corrected chi connectivity index (χ0v) is 15.5. The number of sulfonamides is 1. The standard InChI is InChI=1S/C15H24ClN3O4S/c1-22-13-10-12(16)15(11-14(13)23-2)24(20,21)18-4-3-7-19-8-5-17-6-9-19/h10-11,17-18H,3-9H2,1-2H3. The van der Waals surface area contributed by atoms with Gasteiger partial charge < -0.3 is 19.7 Å². The van der Waals surface area contributed by atoms with E-state index in [1.807, 2.05) is 0 Å². The first-order valence-electron chi connectivity index (χ1n) is 7.82. The number of ether oxygens (including phenoxy) is 2. The van der Waals surface area contributed by atoms with Crippen LogP contribution in [0.1, 0.15) is 6.42 Å². The molecular weight excluding hydrogens is 354 g/mol. The molecule has 1 aliphatic heterocycles. The van der Waals surface area contributed by atoms with E-state index in [0.717, 1.165) is 39.1 Å². The van der Waals surface area contributed by atoms with Crippen LogP contribution in [0.3, 0.4) is 0 Å². The second-order valence-corrected chi connectivity index (χ2v) is 7.62. The third-order valence-corrected chi connectivity index (χ3v) is 5.81. The molecule has 1 aromatic carbocycles. The lowest BCUT2D eigenvalue weighted by Crippen LogP contribution is -2.44. The molecule has 9 heteroatoms. The van der Waals surface area contributed by atoms with Crippen LogP contribution >= 0.6 is 11.6 Å². The summed E-state index contributed by atoms with van der Waals surface area (Å²) in [7, 11) is -0.783. The highest BCUT2D eigenvalue weighted by atomic mass is 35.5. The van der Waals surface area contributed by atoms with E-state index in [1.54, 1.807) is 0 Å². The van der Waals surface area contributed by atoms with Crippen molar-refractivity contribution in [2.75, 3.05) is 53.5 Å². The van der Waals surface area contributed by atoms with E-state index in [1.165, 1.54) is 26.4 Å². The lowest BCUT2D eigenvalue weighted by atomic mass is 10.3. The highest BCUT2D eigenvalue weighted by molar-refractivity contribution is 7.89. The van der Waals surface area contributed by atoms with Crippen LogP contribution in [0.15, 0.2) is 17.0 Å². The summed E-state index contributed by atoms with van der Waals surface area (Å²) in [6, 6.07) is 2.81. The molecule has 0 aliphatic carbocycles. The molecule has 7 nitrogen and oxygen atoms in total. The van der Waals surface area contributed by atoms with Crippen molar-refractivity contribution in [1.29, 1.82) is 0 Å². The molecule has 0 amide bonds. The minimum Gasteiger partial charge on any atom is -0.493 e. The summed E-state index contributed by atoms with van der Waals surface area (Å²) in [5, 5.41) is 3.39. The molecule has 2 rings (SSSR count). The van der Waals surface area contributed by atoms with Crippen LogP contribution in [-0.4, -0.2) is 66.8 Å². The number of methoxy groups -OCH3 is 2. The number of nitrogens with zero attached hydrogens (tertiary/aromatic N) is 1. The van der Waals surface area contributed by atoms with Crippen molar-refractivity contribution in [3.8, 4) is 11.5 Å². The fraction of sp³-hybridized carbons (Fsp3) is 0.600. The monoisotopic (exact) mass is 377 g/mol. The van der Waals surface area contributed by atoms with Crippen LogP contribution < -0.4 is 19.5 Å². The molecule has 0 bridgehead atoms. The maximum Gasteiger partial charge on any atom is 0.242 e. The lowest BCUT2D eigenvalue weighted by Gasteiger charge is -2.27. The molecule has 0 unspecified atom stereocenters. The Morgan fingerprint density at radius 1 is 1.21 bits per heavy atom. The number of hydrogen-bond acceptors (Lipinski definition) is 6. The van der Waals surface area contributed by atoms with Gasteiger partial charge in [-0.05, 0) is 13.0 Å². The summed E-state index contributed by atoms with van der Waals surface area (Å²) in [6.07, 6.45) is 0.740. The number of nitrogens with one attached hydrogen (secondary N) is 2. The second-order valence-electron chi connectivity index (χ2n) is 5.48. The van der Waals surface area contributed by atoms with Gasteiger partial charge in [-0.3, -0.25) is 0 Å². The van der Waals surface area contributed by atoms with Crippen LogP contribution in [0.5, 0.6) is 11.5 Å². The van der Waals surface area contributed by atoms with Gasteiger partial charge in [-0.25, -0.2) is 13.1 Å². The van der Waals surface area contributed by atoms with Gasteiger partial charge in [-0.2, -0.15) is 0 Å². The van der Waals surface area contributed by atoms with Gasteiger partial charge in [0, 0.05) is 44.9 Å². The van der Waals surface area contributed by atoms with Gasteiger partial charge in [0.15, 0.2) is 11.5 Å². The summed E-state index contributed by atoms with van der Waals surface area (Å²) in [4.78, 5) is 2.30. The Morgan fingerprint density at radius 3 is 2.46 bits per heavy atom. The molecular formula is C15H24ClN3O4S. The van der Waals surface area contributed by atoms with Crippen LogP contribution in [0, 0.1) is 0 Å². The first kappa shape index (κ1) is 19.3. The SMILES string of the molecule is COc1cc(Cl)c(S(=O)(=O)NCCCN2CCNCC2)cc1OC. The summed E-state index contributed by atoms with van der Waals surface area (Å²) >= 11 is 6.09. The number of halogens is 1. The maximum atomic E-state index is 12.5. The van der Waals surface area contributed by atoms with Crippen LogP contribution in [0.25, 0.3) is 0 Å². The average molecular weight is 378 g/mol. The number of hydrogen-bond donors (Lipinski definition) is 2. The molecule has 0 radical (unpaired) electrons. The third kappa shape index (κ3) is 4.97. The quantitative estimate of drug-likeness (QED) is 0.656. The molecule has 0 aromatic heterocycles. The van der Waals surface area contributed by atoms with Crippen LogP contribution in [0.2, 0.25) is 5.02 Å². The molecule has 24 heavy (non-hydrogen) atoms. The Morgan fingerprint density at radius 2 is 1.83 bits per heavy atom. The second kappa shape index (κ2) is 8.87. The first-order valence-corrected chi connectivity index (χ1v) is 9.68. The van der Waals surface area contributed by atoms with Crippen molar-refractivity contribution in [2.24, 2.45) is 0 Å². The normalized spacial score (nSPS) is 16.1. The highest BCUT2D eigenvalue weighted by Gasteiger charge is 2.21. The molecule has 2 N–H and O–H groups in total. The van der Waals surface area contributed by atoms with E-state index < -0.39 is 10.0 Å². The average Bonchev–Trinajstić information content (AvgIpc) is 2.59. The smallest absolute Gasteiger partial charge is 0.242 e. The number of piperazine rings is 1. The van der Waals surface area contributed by atoms with Gasteiger partial charge in [0.1, 0.15) is 4.90 Å². The van der Waals surface area contributed by atoms with Gasteiger partial charge in [-0.15, -0.1) is 0 Å². The predicted molar refractivity (Wildman–Crippen MR) is 93.7 cm³/mol. The molecule has 0 atom stereocenters. The zero-order chi connectivity index (χ0) is 17.6. The Hall–Kier alpha value is -1.06. The summed E-state index contributed by atoms with van der Waals surface area (Å²) in [5.74, 6) is 0.711. The van der Waals surface area contributed by atoms with E-state index >= 15 is 0 Å². The van der Waals surface area contributed by atoms with E-state index in [2.05, 4.69) is 14.9 Å². The lowest BCUT2D eigenvalue weighted by molar-refractivity contribution is 0.239. The number of benzene rings is 1. The minimum absolute atomic E-state index is 0.0102. The van der Waals surface area contributed by atoms with Crippen molar-refractivity contribution < 1.29 is 17.9 Å². The molecule has 1 aromatic rings. The van der Waals surface area contributed by atoms with E-state index in [4.69, 9.17) is 21.1 Å². The molecule has 136 valence electrons. The zero-order valence-electron chi connectivity index (χ0n) is 14.0. The van der Waals surface area contributed by atoms with Crippen molar-refractivity contribution in [3.63, 3.8) is 0 Å². The maximum absolute atomic E-state index is 12.5. The Kier molecular flexibility index (Phi) is 7.12. The van der Waals surface area contributed by atoms with E-state index in [-0.39, 0.29) is 9.92 Å². The van der Waals surface area contributed by atoms with Gasteiger partial charge in [0.2, 0.25) is 10.0 Å². The van der Waals surface area contributed by atoms with Gasteiger partial charge in [-0.1, -0.05) is 11.6 Å². The van der Waals surface area contributed by atoms with Crippen molar-refractivity contribution in [1.82, 2.24) is 14.9 Å². The third-order valence-electron chi connectivity index (χ3n) is 3.88. The first-order chi connectivity index (χ1) is 11.5. The van der Waals surface area contributed by atoms with Crippen molar-refractivity contribution in [2.45, 2.75) is 11.3 Å². The fourth-order valence-corrected chi connectivity index (χ4v) is 4.17. The molecule has 1 aliphatic rings. The Balaban J connectivity index is 1.96. The van der Waals surface area contributed by atoms with Crippen LogP contribution in [0.4, 0.5) is 0 Å². The predicted octanol–water partition coefficient (Wildman–Crippen LogP) is 0.931. The minimum atomic E-state index is -3.70. The van der Waals surface area contributed by atoms with Crippen molar-refractivity contribution in [3.05, 3.63) is 17.2 Å². The fourth-order valence-electron chi connectivity index (χ4n) is 2.56. The summed E-state index contributed by atoms with van der Waals surface area (Å²) < 4.78 is 37.8. The molecule has 0 spiro atoms. The summed E-state index contributed by atoms with van der Waals surface area (Å²) in [5.41, 5.74) is 0. The Labute approximate surface area is 148 Å². The van der Waals surface area contributed by atoms with Gasteiger partial charge in [0.25, 0.3) is 0 Å². The topological polar surface area (TPSA) is 79.9 Å². The number of rotatable bonds is 8. The van der Waals surface area contributed by atoms with Gasteiger partial charge in [0.05, 0.1) is 19.2 Å². The summed E-state index contributed by atoms with van der Waals surface area (Å²) in [6.45, 7) is 5.17. The van der Waals surface area contributed by atoms with E-state index in [0.29, 0.717) is 18.0 Å². The van der Waals surface area contributed by atoms with Crippen LogP contribution in [-0.2, 0) is 10.0 Å². The largest absolute Gasteiger partial charge is 0.493 e. The molecule has 0 saturated carbocycles. The highest BCUT2D eigenvalue weighted by Crippen LogP contribution is 2.35. The molecule has 1 fully saturated rings. The van der Waals surface area contributed by atoms with Crippen molar-refractivity contribution >= 4 is 21.6 Å². The van der Waals surface area contributed by atoms with E-state index in [9.17, 15) is 8.42 Å².